The van der Waals surface area contributed by atoms with Gasteiger partial charge in [0.2, 0.25) is 29.5 Å². The van der Waals surface area contributed by atoms with Gasteiger partial charge in [0.05, 0.1) is 45.3 Å². The average molecular weight is 619 g/mol. The number of hydrogen-bond acceptors (Lipinski definition) is 10. The maximum atomic E-state index is 12.3. The van der Waals surface area contributed by atoms with Gasteiger partial charge in [-0.05, 0) is 0 Å². The molecule has 0 bridgehead atoms. The Balaban J connectivity index is 4.84. The van der Waals surface area contributed by atoms with E-state index in [2.05, 4.69) is 10.6 Å². The van der Waals surface area contributed by atoms with Crippen LogP contribution in [0.15, 0.2) is 0 Å². The molecule has 0 aliphatic carbocycles. The lowest BCUT2D eigenvalue weighted by Gasteiger charge is -2.23. The van der Waals surface area contributed by atoms with Crippen molar-refractivity contribution in [2.75, 3.05) is 58.9 Å². The van der Waals surface area contributed by atoms with Crippen molar-refractivity contribution in [2.45, 2.75) is 38.5 Å². The third-order valence-electron chi connectivity index (χ3n) is 5.71. The molecule has 0 aromatic rings. The number of amides is 5. The number of carboxylic acid groups (broad SMARTS) is 4. The molecule has 0 atom stereocenters. The molecule has 19 heteroatoms. The lowest BCUT2D eigenvalue weighted by Crippen LogP contribution is -2.44. The van der Waals surface area contributed by atoms with Gasteiger partial charge in [-0.1, -0.05) is 0 Å². The van der Waals surface area contributed by atoms with Crippen LogP contribution in [0.25, 0.3) is 0 Å². The number of aliphatic carboxylic acids is 4. The second kappa shape index (κ2) is 21.0. The number of carbonyl (C=O) groups is 9. The van der Waals surface area contributed by atoms with Crippen molar-refractivity contribution in [3.05, 3.63) is 0 Å². The van der Waals surface area contributed by atoms with Gasteiger partial charge in [-0.2, -0.15) is 0 Å². The average Bonchev–Trinajstić information content (AvgIpc) is 2.93. The molecule has 0 saturated heterocycles. The summed E-state index contributed by atoms with van der Waals surface area (Å²) in [5.74, 6) is -8.15. The largest absolute Gasteiger partial charge is 0.481 e. The van der Waals surface area contributed by atoms with E-state index in [1.165, 1.54) is 0 Å². The summed E-state index contributed by atoms with van der Waals surface area (Å²) in [5, 5.41) is 39.9. The Kier molecular flexibility index (Phi) is 18.6. The summed E-state index contributed by atoms with van der Waals surface area (Å²) < 4.78 is 0. The van der Waals surface area contributed by atoms with Gasteiger partial charge in [-0.25, -0.2) is 0 Å². The second-order valence-electron chi connectivity index (χ2n) is 8.97. The van der Waals surface area contributed by atoms with Crippen LogP contribution in [0.2, 0.25) is 0 Å². The predicted molar refractivity (Wildman–Crippen MR) is 143 cm³/mol. The molecule has 0 aliphatic rings. The Hall–Kier alpha value is -4.81. The third kappa shape index (κ3) is 19.0. The summed E-state index contributed by atoms with van der Waals surface area (Å²) in [6.45, 7) is -2.95. The van der Waals surface area contributed by atoms with Gasteiger partial charge in [-0.3, -0.25) is 43.2 Å². The van der Waals surface area contributed by atoms with Crippen LogP contribution in [0.1, 0.15) is 38.5 Å². The van der Waals surface area contributed by atoms with Crippen molar-refractivity contribution in [1.82, 2.24) is 25.3 Å². The minimum Gasteiger partial charge on any atom is -0.481 e. The van der Waals surface area contributed by atoms with Crippen LogP contribution in [0.4, 0.5) is 0 Å². The van der Waals surface area contributed by atoms with Crippen molar-refractivity contribution < 1.29 is 63.6 Å². The second-order valence-corrected chi connectivity index (χ2v) is 8.97. The van der Waals surface area contributed by atoms with E-state index >= 15 is 0 Å². The molecule has 0 rings (SSSR count). The highest BCUT2D eigenvalue weighted by molar-refractivity contribution is 5.87. The summed E-state index contributed by atoms with van der Waals surface area (Å²) in [6.07, 6.45) is -2.30. The first-order valence-corrected chi connectivity index (χ1v) is 13.1. The zero-order valence-corrected chi connectivity index (χ0v) is 23.5. The van der Waals surface area contributed by atoms with Gasteiger partial charge in [0, 0.05) is 52.1 Å². The highest BCUT2D eigenvalue weighted by atomic mass is 16.4. The molecular weight excluding hydrogens is 580 g/mol. The van der Waals surface area contributed by atoms with Crippen LogP contribution in [0, 0.1) is 0 Å². The van der Waals surface area contributed by atoms with Crippen LogP contribution >= 0.6 is 0 Å². The zero-order valence-electron chi connectivity index (χ0n) is 23.5. The molecule has 0 aliphatic heterocycles. The highest BCUT2D eigenvalue weighted by Crippen LogP contribution is 2.00. The molecule has 0 unspecified atom stereocenters. The first-order chi connectivity index (χ1) is 20.2. The summed E-state index contributed by atoms with van der Waals surface area (Å²) in [5.41, 5.74) is 5.39. The Bertz CT molecular complexity index is 927. The number of nitrogens with zero attached hydrogens (tertiary/aromatic N) is 3. The Morgan fingerprint density at radius 1 is 0.442 bits per heavy atom. The fourth-order valence-corrected chi connectivity index (χ4v) is 3.36. The van der Waals surface area contributed by atoms with E-state index in [1.807, 2.05) is 0 Å². The van der Waals surface area contributed by atoms with Crippen LogP contribution in [-0.2, 0) is 43.2 Å². The normalized spacial score (nSPS) is 10.3. The van der Waals surface area contributed by atoms with Gasteiger partial charge in [0.15, 0.2) is 0 Å². The molecule has 0 aromatic heterocycles. The van der Waals surface area contributed by atoms with E-state index in [1.54, 1.807) is 0 Å². The summed E-state index contributed by atoms with van der Waals surface area (Å²) >= 11 is 0. The molecule has 0 heterocycles. The Morgan fingerprint density at radius 2 is 0.698 bits per heavy atom. The summed E-state index contributed by atoms with van der Waals surface area (Å²) in [4.78, 5) is 108. The number of nitrogens with one attached hydrogen (secondary N) is 2. The third-order valence-corrected chi connectivity index (χ3v) is 5.71. The van der Waals surface area contributed by atoms with Gasteiger partial charge in [-0.15, -0.1) is 0 Å². The molecule has 8 N–H and O–H groups in total. The molecule has 5 amide bonds. The Morgan fingerprint density at radius 3 is 0.953 bits per heavy atom. The fourth-order valence-electron chi connectivity index (χ4n) is 3.36. The van der Waals surface area contributed by atoms with Gasteiger partial charge in [0.1, 0.15) is 0 Å². The number of carbonyl (C=O) groups excluding carboxylic acids is 5. The van der Waals surface area contributed by atoms with E-state index in [4.69, 9.17) is 26.2 Å². The van der Waals surface area contributed by atoms with Crippen molar-refractivity contribution in [3.63, 3.8) is 0 Å². The maximum absolute atomic E-state index is 12.3. The smallest absolute Gasteiger partial charge is 0.305 e. The molecule has 0 radical (unpaired) electrons. The molecule has 0 spiro atoms. The minimum absolute atomic E-state index is 0.192. The SMILES string of the molecule is NCC(=O)N(CCC(=O)NCC(=O)N(CCC(=O)O)CCC(=O)O)CCC(=O)NCC(=O)N(CCC(=O)O)CCC(=O)O. The van der Waals surface area contributed by atoms with Crippen molar-refractivity contribution >= 4 is 53.4 Å². The quantitative estimate of drug-likeness (QED) is 0.0581. The van der Waals surface area contributed by atoms with Gasteiger partial charge >= 0.3 is 23.9 Å². The van der Waals surface area contributed by atoms with Crippen LogP contribution in [-0.4, -0.2) is 147 Å². The lowest BCUT2D eigenvalue weighted by atomic mass is 10.3. The number of nitrogens with two attached hydrogens (primary N) is 1. The van der Waals surface area contributed by atoms with E-state index < -0.39 is 98.7 Å². The zero-order chi connectivity index (χ0) is 32.9. The lowest BCUT2D eigenvalue weighted by molar-refractivity contribution is -0.142. The first kappa shape index (κ1) is 38.2. The van der Waals surface area contributed by atoms with E-state index in [0.717, 1.165) is 14.7 Å². The van der Waals surface area contributed by atoms with Crippen LogP contribution in [0.5, 0.6) is 0 Å². The minimum atomic E-state index is -1.20. The molecular formula is C24H38N6O13. The van der Waals surface area contributed by atoms with E-state index in [0.29, 0.717) is 0 Å². The highest BCUT2D eigenvalue weighted by Gasteiger charge is 2.20. The molecule has 43 heavy (non-hydrogen) atoms. The first-order valence-electron chi connectivity index (χ1n) is 13.1. The maximum Gasteiger partial charge on any atom is 0.305 e. The monoisotopic (exact) mass is 618 g/mol. The van der Waals surface area contributed by atoms with Crippen molar-refractivity contribution in [3.8, 4) is 0 Å². The van der Waals surface area contributed by atoms with Crippen LogP contribution < -0.4 is 16.4 Å². The topological polar surface area (TPSA) is 294 Å². The summed E-state index contributed by atoms with van der Waals surface area (Å²) in [6, 6.07) is 0. The summed E-state index contributed by atoms with van der Waals surface area (Å²) in [7, 11) is 0. The molecule has 19 nitrogen and oxygen atoms in total. The van der Waals surface area contributed by atoms with Crippen molar-refractivity contribution in [2.24, 2.45) is 5.73 Å². The van der Waals surface area contributed by atoms with Gasteiger partial charge in [0.25, 0.3) is 0 Å². The van der Waals surface area contributed by atoms with Gasteiger partial charge < -0.3 is 51.5 Å². The molecule has 0 fully saturated rings. The molecule has 242 valence electrons. The number of hydrogen-bond donors (Lipinski definition) is 7. The van der Waals surface area contributed by atoms with E-state index in [9.17, 15) is 43.2 Å². The fraction of sp³-hybridized carbons (Fsp3) is 0.625. The predicted octanol–water partition coefficient (Wildman–Crippen LogP) is -3.66. The van der Waals surface area contributed by atoms with Crippen molar-refractivity contribution in [1.29, 1.82) is 0 Å². The van der Waals surface area contributed by atoms with E-state index in [-0.39, 0.29) is 52.1 Å². The molecule has 0 saturated carbocycles. The number of carboxylic acids is 4. The Labute approximate surface area is 245 Å². The number of rotatable bonds is 23. The molecule has 0 aromatic carbocycles. The van der Waals surface area contributed by atoms with Crippen LogP contribution in [0.3, 0.4) is 0 Å². The standard InChI is InChI=1S/C24H38N6O13/c25-13-18(33)28(7-1-16(31)26-14-19(34)29(9-3-21(36)37)10-4-22(38)39)8-2-17(32)27-15-20(35)30(11-5-23(40)41)12-6-24(42)43/h1-15,25H2,(H,26,31)(H,27,32)(H,36,37)(H,38,39)(H,40,41)(H,42,43).